The van der Waals surface area contributed by atoms with Gasteiger partial charge in [-0.25, -0.2) is 0 Å². The first-order valence-electron chi connectivity index (χ1n) is 11.9. The molecule has 1 unspecified atom stereocenters. The number of aryl methyl sites for hydroxylation is 1. The number of thioether (sulfide) groups is 1. The summed E-state index contributed by atoms with van der Waals surface area (Å²) in [5, 5.41) is 3.07. The summed E-state index contributed by atoms with van der Waals surface area (Å²) in [6, 6.07) is 27.3. The van der Waals surface area contributed by atoms with Crippen molar-refractivity contribution < 1.29 is 9.59 Å². The fourth-order valence-corrected chi connectivity index (χ4v) is 4.58. The number of hydrogen-bond donors (Lipinski definition) is 1. The fourth-order valence-electron chi connectivity index (χ4n) is 3.78. The van der Waals surface area contributed by atoms with Crippen LogP contribution >= 0.6 is 11.8 Å². The van der Waals surface area contributed by atoms with Crippen molar-refractivity contribution in [3.63, 3.8) is 0 Å². The zero-order chi connectivity index (χ0) is 24.2. The number of nitrogens with zero attached hydrogens (tertiary/aromatic N) is 1. The smallest absolute Gasteiger partial charge is 0.243 e. The molecule has 0 fully saturated rings. The van der Waals surface area contributed by atoms with Crippen molar-refractivity contribution >= 4 is 23.6 Å². The van der Waals surface area contributed by atoms with E-state index in [4.69, 9.17) is 0 Å². The lowest BCUT2D eigenvalue weighted by molar-refractivity contribution is -0.139. The largest absolute Gasteiger partial charge is 0.354 e. The van der Waals surface area contributed by atoms with Gasteiger partial charge in [-0.05, 0) is 42.2 Å². The highest BCUT2D eigenvalue weighted by Crippen LogP contribution is 2.21. The zero-order valence-electron chi connectivity index (χ0n) is 20.1. The van der Waals surface area contributed by atoms with Gasteiger partial charge in [0.2, 0.25) is 11.8 Å². The van der Waals surface area contributed by atoms with Crippen molar-refractivity contribution in [3.05, 3.63) is 102 Å². The summed E-state index contributed by atoms with van der Waals surface area (Å²) in [5.41, 5.74) is 3.21. The summed E-state index contributed by atoms with van der Waals surface area (Å²) in [6.07, 6.45) is 2.40. The van der Waals surface area contributed by atoms with E-state index in [1.165, 1.54) is 11.8 Å². The Morgan fingerprint density at radius 3 is 2.24 bits per heavy atom. The fraction of sp³-hybridized carbons (Fsp3) is 0.310. The van der Waals surface area contributed by atoms with Gasteiger partial charge in [0, 0.05) is 24.4 Å². The molecule has 0 bridgehead atoms. The molecule has 3 aromatic rings. The third kappa shape index (κ3) is 7.77. The van der Waals surface area contributed by atoms with E-state index in [0.717, 1.165) is 34.4 Å². The molecule has 0 aliphatic carbocycles. The monoisotopic (exact) mass is 474 g/mol. The van der Waals surface area contributed by atoms with Gasteiger partial charge in [0.25, 0.3) is 0 Å². The third-order valence-electron chi connectivity index (χ3n) is 5.81. The standard InChI is InChI=1S/C29H34N2O2S/c1-3-4-19-30-29(33)27(20-24-14-7-5-8-15-24)31(21-25-16-12-11-13-23(25)2)28(32)22-34-26-17-9-6-10-18-26/h5-18,27H,3-4,19-22H2,1-2H3,(H,30,33). The minimum absolute atomic E-state index is 0.0383. The molecule has 0 radical (unpaired) electrons. The van der Waals surface area contributed by atoms with Crippen molar-refractivity contribution in [3.8, 4) is 0 Å². The second kappa shape index (κ2) is 13.6. The second-order valence-corrected chi connectivity index (χ2v) is 9.45. The van der Waals surface area contributed by atoms with Crippen LogP contribution in [0.3, 0.4) is 0 Å². The number of unbranched alkanes of at least 4 members (excludes halogenated alkanes) is 1. The molecule has 0 saturated carbocycles. The Kier molecular flexibility index (Phi) is 10.2. The number of amides is 2. The van der Waals surface area contributed by atoms with E-state index in [9.17, 15) is 9.59 Å². The van der Waals surface area contributed by atoms with Gasteiger partial charge in [-0.2, -0.15) is 0 Å². The third-order valence-corrected chi connectivity index (χ3v) is 6.80. The highest BCUT2D eigenvalue weighted by molar-refractivity contribution is 8.00. The molecule has 0 aliphatic heterocycles. The average molecular weight is 475 g/mol. The van der Waals surface area contributed by atoms with Crippen molar-refractivity contribution in [1.82, 2.24) is 10.2 Å². The van der Waals surface area contributed by atoms with Gasteiger partial charge >= 0.3 is 0 Å². The van der Waals surface area contributed by atoms with Gasteiger partial charge in [0.1, 0.15) is 6.04 Å². The predicted molar refractivity (Wildman–Crippen MR) is 141 cm³/mol. The van der Waals surface area contributed by atoms with Crippen LogP contribution in [0.15, 0.2) is 89.8 Å². The van der Waals surface area contributed by atoms with Crippen LogP contribution in [0.2, 0.25) is 0 Å². The zero-order valence-corrected chi connectivity index (χ0v) is 20.9. The van der Waals surface area contributed by atoms with Crippen LogP contribution < -0.4 is 5.32 Å². The Labute approximate surface area is 207 Å². The van der Waals surface area contributed by atoms with Crippen LogP contribution in [0, 0.1) is 6.92 Å². The lowest BCUT2D eigenvalue weighted by Crippen LogP contribution is -2.51. The van der Waals surface area contributed by atoms with Crippen LogP contribution in [-0.2, 0) is 22.6 Å². The molecule has 1 N–H and O–H groups in total. The Morgan fingerprint density at radius 2 is 1.56 bits per heavy atom. The van der Waals surface area contributed by atoms with Gasteiger partial charge in [-0.1, -0.05) is 86.1 Å². The molecule has 0 aromatic heterocycles. The highest BCUT2D eigenvalue weighted by atomic mass is 32.2. The Balaban J connectivity index is 1.89. The summed E-state index contributed by atoms with van der Waals surface area (Å²) in [4.78, 5) is 29.8. The normalized spacial score (nSPS) is 11.6. The van der Waals surface area contributed by atoms with Crippen LogP contribution in [0.4, 0.5) is 0 Å². The molecule has 1 atom stereocenters. The van der Waals surface area contributed by atoms with Gasteiger partial charge in [-0.3, -0.25) is 9.59 Å². The number of rotatable bonds is 12. The highest BCUT2D eigenvalue weighted by Gasteiger charge is 2.30. The molecule has 2 amide bonds. The topological polar surface area (TPSA) is 49.4 Å². The molecule has 0 aliphatic rings. The first kappa shape index (κ1) is 25.6. The number of carbonyl (C=O) groups is 2. The number of hydrogen-bond acceptors (Lipinski definition) is 3. The summed E-state index contributed by atoms with van der Waals surface area (Å²) in [5.74, 6) is 0.149. The van der Waals surface area contributed by atoms with Crippen LogP contribution in [0.1, 0.15) is 36.5 Å². The maximum absolute atomic E-state index is 13.6. The molecular formula is C29H34N2O2S. The molecule has 0 spiro atoms. The number of nitrogens with one attached hydrogen (secondary N) is 1. The van der Waals surface area contributed by atoms with E-state index in [0.29, 0.717) is 19.5 Å². The van der Waals surface area contributed by atoms with E-state index in [1.54, 1.807) is 4.90 Å². The van der Waals surface area contributed by atoms with Crippen molar-refractivity contribution in [2.45, 2.75) is 50.6 Å². The van der Waals surface area contributed by atoms with Gasteiger partial charge in [0.05, 0.1) is 5.75 Å². The minimum atomic E-state index is -0.581. The van der Waals surface area contributed by atoms with Gasteiger partial charge in [0.15, 0.2) is 0 Å². The van der Waals surface area contributed by atoms with E-state index in [-0.39, 0.29) is 17.6 Å². The van der Waals surface area contributed by atoms with E-state index in [1.807, 2.05) is 91.9 Å². The summed E-state index contributed by atoms with van der Waals surface area (Å²) in [6.45, 7) is 5.16. The molecule has 3 rings (SSSR count). The minimum Gasteiger partial charge on any atom is -0.354 e. The molecule has 0 saturated heterocycles. The molecular weight excluding hydrogens is 440 g/mol. The first-order chi connectivity index (χ1) is 16.6. The van der Waals surface area contributed by atoms with Gasteiger partial charge < -0.3 is 10.2 Å². The molecule has 34 heavy (non-hydrogen) atoms. The maximum Gasteiger partial charge on any atom is 0.243 e. The summed E-state index contributed by atoms with van der Waals surface area (Å²) < 4.78 is 0. The second-order valence-electron chi connectivity index (χ2n) is 8.40. The predicted octanol–water partition coefficient (Wildman–Crippen LogP) is 5.64. The van der Waals surface area contributed by atoms with E-state index in [2.05, 4.69) is 12.2 Å². The lowest BCUT2D eigenvalue weighted by atomic mass is 10.0. The molecule has 178 valence electrons. The first-order valence-corrected chi connectivity index (χ1v) is 12.9. The average Bonchev–Trinajstić information content (AvgIpc) is 2.87. The molecule has 0 heterocycles. The molecule has 4 nitrogen and oxygen atoms in total. The van der Waals surface area contributed by atoms with Crippen molar-refractivity contribution in [2.24, 2.45) is 0 Å². The van der Waals surface area contributed by atoms with Crippen LogP contribution in [-0.4, -0.2) is 35.1 Å². The molecule has 5 heteroatoms. The summed E-state index contributed by atoms with van der Waals surface area (Å²) in [7, 11) is 0. The van der Waals surface area contributed by atoms with Gasteiger partial charge in [-0.15, -0.1) is 11.8 Å². The number of carbonyl (C=O) groups excluding carboxylic acids is 2. The SMILES string of the molecule is CCCCNC(=O)C(Cc1ccccc1)N(Cc1ccccc1C)C(=O)CSc1ccccc1. The van der Waals surface area contributed by atoms with Crippen molar-refractivity contribution in [2.75, 3.05) is 12.3 Å². The van der Waals surface area contributed by atoms with Crippen molar-refractivity contribution in [1.29, 1.82) is 0 Å². The maximum atomic E-state index is 13.6. The van der Waals surface area contributed by atoms with Crippen LogP contribution in [0.5, 0.6) is 0 Å². The quantitative estimate of drug-likeness (QED) is 0.273. The van der Waals surface area contributed by atoms with E-state index >= 15 is 0 Å². The lowest BCUT2D eigenvalue weighted by Gasteiger charge is -2.32. The Hall–Kier alpha value is -3.05. The summed E-state index contributed by atoms with van der Waals surface area (Å²) >= 11 is 1.51. The Bertz CT molecular complexity index is 1040. The van der Waals surface area contributed by atoms with Crippen LogP contribution in [0.25, 0.3) is 0 Å². The number of benzene rings is 3. The van der Waals surface area contributed by atoms with E-state index < -0.39 is 6.04 Å². The molecule has 3 aromatic carbocycles. The Morgan fingerprint density at radius 1 is 0.912 bits per heavy atom.